The third-order valence-electron chi connectivity index (χ3n) is 2.42. The highest BCUT2D eigenvalue weighted by molar-refractivity contribution is 4.88. The smallest absolute Gasteiger partial charge is 0.216 e. The van der Waals surface area contributed by atoms with Crippen molar-refractivity contribution < 1.29 is 4.42 Å². The molecule has 14 heavy (non-hydrogen) atoms. The van der Waals surface area contributed by atoms with Crippen LogP contribution in [0, 0.1) is 11.8 Å². The average Bonchev–Trinajstić information content (AvgIpc) is 2.44. The van der Waals surface area contributed by atoms with Crippen LogP contribution in [0.2, 0.25) is 0 Å². The van der Waals surface area contributed by atoms with Gasteiger partial charge in [0.05, 0.1) is 0 Å². The molecule has 0 saturated carbocycles. The lowest BCUT2D eigenvalue weighted by Gasteiger charge is -2.25. The predicted molar refractivity (Wildman–Crippen MR) is 52.9 cm³/mol. The zero-order valence-corrected chi connectivity index (χ0v) is 8.79. The molecule has 0 atom stereocenters. The van der Waals surface area contributed by atoms with Gasteiger partial charge in [-0.1, -0.05) is 13.8 Å². The lowest BCUT2D eigenvalue weighted by atomic mass is 10.00. The molecule has 2 rings (SSSR count). The van der Waals surface area contributed by atoms with Gasteiger partial charge in [-0.2, -0.15) is 0 Å². The second-order valence-corrected chi connectivity index (χ2v) is 4.42. The largest absolute Gasteiger partial charge is 0.425 e. The van der Waals surface area contributed by atoms with Gasteiger partial charge in [-0.3, -0.25) is 0 Å². The maximum absolute atomic E-state index is 5.55. The van der Waals surface area contributed by atoms with Crippen molar-refractivity contribution in [3.63, 3.8) is 0 Å². The van der Waals surface area contributed by atoms with Crippen molar-refractivity contribution in [1.29, 1.82) is 0 Å². The molecule has 0 spiro atoms. The van der Waals surface area contributed by atoms with Gasteiger partial charge in [0.15, 0.2) is 0 Å². The summed E-state index contributed by atoms with van der Waals surface area (Å²) in [6.45, 7) is 6.48. The minimum absolute atomic E-state index is 0.577. The predicted octanol–water partition coefficient (Wildman–Crippen LogP) is 1.03. The van der Waals surface area contributed by atoms with Crippen molar-refractivity contribution in [3.8, 4) is 0 Å². The maximum atomic E-state index is 5.55. The van der Waals surface area contributed by atoms with Crippen molar-refractivity contribution in [2.75, 3.05) is 13.1 Å². The fourth-order valence-electron chi connectivity index (χ4n) is 1.54. The highest BCUT2D eigenvalue weighted by Gasteiger charge is 2.20. The topological polar surface area (TPSA) is 51.0 Å². The summed E-state index contributed by atoms with van der Waals surface area (Å²) in [6.07, 6.45) is 1.81. The highest BCUT2D eigenvalue weighted by atomic mass is 16.4. The van der Waals surface area contributed by atoms with Crippen LogP contribution in [0.1, 0.15) is 25.6 Å². The van der Waals surface area contributed by atoms with Gasteiger partial charge in [-0.15, -0.1) is 10.2 Å². The van der Waals surface area contributed by atoms with Crippen molar-refractivity contribution in [3.05, 3.63) is 11.8 Å². The van der Waals surface area contributed by atoms with Crippen LogP contribution in [0.4, 0.5) is 0 Å². The van der Waals surface area contributed by atoms with Crippen LogP contribution in [0.5, 0.6) is 0 Å². The molecule has 0 aliphatic carbocycles. The van der Waals surface area contributed by atoms with Crippen LogP contribution in [-0.4, -0.2) is 23.3 Å². The second-order valence-electron chi connectivity index (χ2n) is 4.42. The van der Waals surface area contributed by atoms with E-state index in [0.717, 1.165) is 37.7 Å². The number of aromatic nitrogens is 2. The minimum Gasteiger partial charge on any atom is -0.425 e. The van der Waals surface area contributed by atoms with Crippen molar-refractivity contribution in [1.82, 2.24) is 15.5 Å². The summed E-state index contributed by atoms with van der Waals surface area (Å²) < 4.78 is 5.55. The molecular weight excluding hydrogens is 178 g/mol. The van der Waals surface area contributed by atoms with Crippen molar-refractivity contribution >= 4 is 0 Å². The molecule has 0 radical (unpaired) electrons. The Balaban J connectivity index is 1.88. The van der Waals surface area contributed by atoms with Crippen LogP contribution < -0.4 is 5.32 Å². The van der Waals surface area contributed by atoms with Crippen LogP contribution in [0.15, 0.2) is 4.42 Å². The third-order valence-corrected chi connectivity index (χ3v) is 2.42. The molecule has 2 heterocycles. The monoisotopic (exact) mass is 195 g/mol. The van der Waals surface area contributed by atoms with E-state index >= 15 is 0 Å². The number of nitrogens with zero attached hydrogens (tertiary/aromatic N) is 2. The van der Waals surface area contributed by atoms with E-state index in [2.05, 4.69) is 29.4 Å². The van der Waals surface area contributed by atoms with Crippen LogP contribution in [-0.2, 0) is 12.8 Å². The number of nitrogens with one attached hydrogen (secondary N) is 1. The molecule has 1 saturated heterocycles. The number of hydrogen-bond acceptors (Lipinski definition) is 4. The molecule has 1 aliphatic heterocycles. The summed E-state index contributed by atoms with van der Waals surface area (Å²) in [7, 11) is 0. The molecule has 1 aliphatic rings. The van der Waals surface area contributed by atoms with Crippen LogP contribution in [0.3, 0.4) is 0 Å². The number of hydrogen-bond donors (Lipinski definition) is 1. The quantitative estimate of drug-likeness (QED) is 0.779. The molecule has 0 unspecified atom stereocenters. The Morgan fingerprint density at radius 2 is 2.07 bits per heavy atom. The zero-order chi connectivity index (χ0) is 9.97. The second kappa shape index (κ2) is 4.09. The molecule has 1 N–H and O–H groups in total. The van der Waals surface area contributed by atoms with Crippen LogP contribution in [0.25, 0.3) is 0 Å². The Labute approximate surface area is 84.1 Å². The van der Waals surface area contributed by atoms with Gasteiger partial charge in [0, 0.05) is 12.8 Å². The highest BCUT2D eigenvalue weighted by Crippen LogP contribution is 2.13. The normalized spacial score (nSPS) is 17.4. The molecule has 1 fully saturated rings. The first-order chi connectivity index (χ1) is 6.74. The molecule has 1 aromatic rings. The summed E-state index contributed by atoms with van der Waals surface area (Å²) in [5.41, 5.74) is 0. The molecule has 0 amide bonds. The standard InChI is InChI=1S/C10H17N3O/c1-7(2)3-9-12-13-10(14-9)4-8-5-11-6-8/h7-8,11H,3-6H2,1-2H3. The van der Waals surface area contributed by atoms with E-state index in [1.54, 1.807) is 0 Å². The molecule has 0 bridgehead atoms. The van der Waals surface area contributed by atoms with Gasteiger partial charge < -0.3 is 9.73 Å². The van der Waals surface area contributed by atoms with Gasteiger partial charge in [-0.25, -0.2) is 0 Å². The summed E-state index contributed by atoms with van der Waals surface area (Å²) in [6, 6.07) is 0. The first-order valence-electron chi connectivity index (χ1n) is 5.26. The Morgan fingerprint density at radius 1 is 1.36 bits per heavy atom. The Kier molecular flexibility index (Phi) is 2.82. The van der Waals surface area contributed by atoms with E-state index in [4.69, 9.17) is 4.42 Å². The molecular formula is C10H17N3O. The van der Waals surface area contributed by atoms with Gasteiger partial charge in [0.25, 0.3) is 0 Å². The summed E-state index contributed by atoms with van der Waals surface area (Å²) in [4.78, 5) is 0. The fraction of sp³-hybridized carbons (Fsp3) is 0.800. The minimum atomic E-state index is 0.577. The number of rotatable bonds is 4. The summed E-state index contributed by atoms with van der Waals surface area (Å²) in [5.74, 6) is 2.85. The van der Waals surface area contributed by atoms with E-state index in [1.165, 1.54) is 0 Å². The van der Waals surface area contributed by atoms with Gasteiger partial charge in [0.2, 0.25) is 11.8 Å². The Morgan fingerprint density at radius 3 is 2.64 bits per heavy atom. The van der Waals surface area contributed by atoms with Crippen molar-refractivity contribution in [2.45, 2.75) is 26.7 Å². The molecule has 4 nitrogen and oxygen atoms in total. The summed E-state index contributed by atoms with van der Waals surface area (Å²) in [5, 5.41) is 11.3. The molecule has 0 aromatic carbocycles. The first-order valence-corrected chi connectivity index (χ1v) is 5.26. The zero-order valence-electron chi connectivity index (χ0n) is 8.79. The SMILES string of the molecule is CC(C)Cc1nnc(CC2CNC2)o1. The van der Waals surface area contributed by atoms with Gasteiger partial charge >= 0.3 is 0 Å². The van der Waals surface area contributed by atoms with Gasteiger partial charge in [-0.05, 0) is 24.9 Å². The van der Waals surface area contributed by atoms with Crippen molar-refractivity contribution in [2.24, 2.45) is 11.8 Å². The Hall–Kier alpha value is -0.900. The fourth-order valence-corrected chi connectivity index (χ4v) is 1.54. The van der Waals surface area contributed by atoms with E-state index in [9.17, 15) is 0 Å². The molecule has 78 valence electrons. The lowest BCUT2D eigenvalue weighted by Crippen LogP contribution is -2.43. The third kappa shape index (κ3) is 2.32. The Bertz CT molecular complexity index is 291. The first kappa shape index (κ1) is 9.65. The van der Waals surface area contributed by atoms with E-state index < -0.39 is 0 Å². The van der Waals surface area contributed by atoms with E-state index in [1.807, 2.05) is 0 Å². The molecule has 1 aromatic heterocycles. The summed E-state index contributed by atoms with van der Waals surface area (Å²) >= 11 is 0. The lowest BCUT2D eigenvalue weighted by molar-refractivity contribution is 0.312. The van der Waals surface area contributed by atoms with E-state index in [-0.39, 0.29) is 0 Å². The van der Waals surface area contributed by atoms with Crippen LogP contribution >= 0.6 is 0 Å². The van der Waals surface area contributed by atoms with E-state index in [0.29, 0.717) is 11.8 Å². The maximum Gasteiger partial charge on any atom is 0.216 e. The average molecular weight is 195 g/mol. The molecule has 4 heteroatoms. The van der Waals surface area contributed by atoms with Gasteiger partial charge in [0.1, 0.15) is 0 Å².